The minimum absolute atomic E-state index is 0.111. The quantitative estimate of drug-likeness (QED) is 0.141. The first-order valence-corrected chi connectivity index (χ1v) is 13.6. The van der Waals surface area contributed by atoms with E-state index in [1.807, 2.05) is 0 Å². The van der Waals surface area contributed by atoms with Crippen LogP contribution in [0.4, 0.5) is 0 Å². The molecule has 2 aromatic heterocycles. The maximum atomic E-state index is 13.3. The van der Waals surface area contributed by atoms with Crippen molar-refractivity contribution in [3.8, 4) is 0 Å². The summed E-state index contributed by atoms with van der Waals surface area (Å²) in [5.41, 5.74) is 1.45. The first kappa shape index (κ1) is 28.0. The van der Waals surface area contributed by atoms with Gasteiger partial charge in [-0.25, -0.2) is 29.3 Å². The van der Waals surface area contributed by atoms with Crippen molar-refractivity contribution in [3.63, 3.8) is 0 Å². The number of benzene rings is 3. The summed E-state index contributed by atoms with van der Waals surface area (Å²) >= 11 is 6.23. The molecular weight excluding hydrogens is 576 g/mol. The number of fused-ring (bicyclic) bond motifs is 1. The number of esters is 3. The topological polar surface area (TPSA) is 132 Å². The highest BCUT2D eigenvalue weighted by atomic mass is 35.5. The highest BCUT2D eigenvalue weighted by molar-refractivity contribution is 6.33. The number of carbonyl (C=O) groups is 3. The Morgan fingerprint density at radius 1 is 0.721 bits per heavy atom. The Morgan fingerprint density at radius 2 is 1.26 bits per heavy atom. The zero-order valence-electron chi connectivity index (χ0n) is 22.4. The van der Waals surface area contributed by atoms with Crippen molar-refractivity contribution < 1.29 is 33.3 Å². The summed E-state index contributed by atoms with van der Waals surface area (Å²) in [6, 6.07) is 25.1. The third-order valence-electron chi connectivity index (χ3n) is 6.77. The standard InChI is InChI=1S/C31H23ClN4O7/c32-26-23-27(34-17-33-26)36(18-35-23)28-25(43-31(39)21-14-8-3-9-15-21)24(42-30(38)20-12-6-2-7-13-20)22(41-28)16-40-29(37)19-10-4-1-5-11-19/h1-15,17-18,22,24-25,28H,16H2/t22-,24+,25+,28-/m1/s1. The van der Waals surface area contributed by atoms with Crippen LogP contribution >= 0.6 is 11.6 Å². The molecule has 43 heavy (non-hydrogen) atoms. The zero-order valence-corrected chi connectivity index (χ0v) is 23.1. The zero-order chi connectivity index (χ0) is 29.8. The molecule has 0 aliphatic carbocycles. The number of carbonyl (C=O) groups excluding carboxylic acids is 3. The highest BCUT2D eigenvalue weighted by Crippen LogP contribution is 2.37. The van der Waals surface area contributed by atoms with Gasteiger partial charge in [0.05, 0.1) is 23.0 Å². The van der Waals surface area contributed by atoms with Gasteiger partial charge in [0.15, 0.2) is 29.2 Å². The Bertz CT molecular complexity index is 1750. The van der Waals surface area contributed by atoms with E-state index in [1.54, 1.807) is 91.0 Å². The second-order valence-electron chi connectivity index (χ2n) is 9.49. The van der Waals surface area contributed by atoms with Gasteiger partial charge in [0, 0.05) is 0 Å². The molecule has 12 heteroatoms. The summed E-state index contributed by atoms with van der Waals surface area (Å²) in [6.07, 6.45) is -1.90. The lowest BCUT2D eigenvalue weighted by molar-refractivity contribution is -0.0606. The monoisotopic (exact) mass is 598 g/mol. The average Bonchev–Trinajstić information content (AvgIpc) is 3.63. The Hall–Kier alpha value is -5.13. The molecule has 0 bridgehead atoms. The third kappa shape index (κ3) is 5.94. The lowest BCUT2D eigenvalue weighted by Crippen LogP contribution is -2.41. The molecule has 0 unspecified atom stereocenters. The molecule has 1 saturated heterocycles. The van der Waals surface area contributed by atoms with Crippen LogP contribution in [0, 0.1) is 0 Å². The van der Waals surface area contributed by atoms with Gasteiger partial charge in [0.2, 0.25) is 0 Å². The molecule has 0 amide bonds. The lowest BCUT2D eigenvalue weighted by atomic mass is 10.1. The minimum atomic E-state index is -1.22. The van der Waals surface area contributed by atoms with Crippen LogP contribution in [0.5, 0.6) is 0 Å². The SMILES string of the molecule is O=C(OC[C@H]1O[C@@H](n2cnc3c(Cl)ncnc32)[C@@H](OC(=O)c2ccccc2)[C@H]1OC(=O)c1ccccc1)c1ccccc1. The largest absolute Gasteiger partial charge is 0.459 e. The Labute approximate surface area is 250 Å². The van der Waals surface area contributed by atoms with Gasteiger partial charge >= 0.3 is 17.9 Å². The van der Waals surface area contributed by atoms with E-state index in [4.69, 9.17) is 30.5 Å². The maximum Gasteiger partial charge on any atom is 0.338 e. The number of rotatable bonds is 8. The van der Waals surface area contributed by atoms with Crippen molar-refractivity contribution in [1.82, 2.24) is 19.5 Å². The molecule has 3 heterocycles. The molecule has 1 aliphatic rings. The van der Waals surface area contributed by atoms with Gasteiger partial charge in [-0.05, 0) is 36.4 Å². The molecule has 0 spiro atoms. The van der Waals surface area contributed by atoms with E-state index in [-0.39, 0.29) is 28.4 Å². The summed E-state index contributed by atoms with van der Waals surface area (Å²) in [6.45, 7) is -0.321. The number of nitrogens with zero attached hydrogens (tertiary/aromatic N) is 4. The Morgan fingerprint density at radius 3 is 1.84 bits per heavy atom. The molecule has 0 saturated carbocycles. The maximum absolute atomic E-state index is 13.3. The number of halogens is 1. The van der Waals surface area contributed by atoms with E-state index >= 15 is 0 Å². The van der Waals surface area contributed by atoms with Crippen LogP contribution < -0.4 is 0 Å². The predicted molar refractivity (Wildman–Crippen MR) is 152 cm³/mol. The summed E-state index contributed by atoms with van der Waals surface area (Å²) in [5, 5.41) is 0.111. The summed E-state index contributed by atoms with van der Waals surface area (Å²) in [7, 11) is 0. The van der Waals surface area contributed by atoms with Gasteiger partial charge in [-0.1, -0.05) is 66.2 Å². The number of hydrogen-bond acceptors (Lipinski definition) is 10. The Balaban J connectivity index is 1.37. The van der Waals surface area contributed by atoms with Crippen molar-refractivity contribution in [2.45, 2.75) is 24.5 Å². The van der Waals surface area contributed by atoms with Crippen molar-refractivity contribution in [1.29, 1.82) is 0 Å². The van der Waals surface area contributed by atoms with Gasteiger partial charge in [0.25, 0.3) is 0 Å². The molecule has 216 valence electrons. The van der Waals surface area contributed by atoms with E-state index < -0.39 is 42.4 Å². The van der Waals surface area contributed by atoms with Crippen molar-refractivity contribution in [2.24, 2.45) is 0 Å². The van der Waals surface area contributed by atoms with E-state index in [2.05, 4.69) is 15.0 Å². The molecule has 1 fully saturated rings. The molecule has 11 nitrogen and oxygen atoms in total. The molecule has 6 rings (SSSR count). The van der Waals surface area contributed by atoms with Gasteiger partial charge in [0.1, 0.15) is 24.6 Å². The van der Waals surface area contributed by atoms with Crippen LogP contribution in [-0.2, 0) is 18.9 Å². The second kappa shape index (κ2) is 12.4. The van der Waals surface area contributed by atoms with Gasteiger partial charge in [-0.3, -0.25) is 4.57 Å². The fourth-order valence-electron chi connectivity index (χ4n) is 4.69. The van der Waals surface area contributed by atoms with Crippen LogP contribution in [-0.4, -0.2) is 62.3 Å². The van der Waals surface area contributed by atoms with E-state index in [0.717, 1.165) is 0 Å². The first-order valence-electron chi connectivity index (χ1n) is 13.2. The Kier molecular flexibility index (Phi) is 8.07. The summed E-state index contributed by atoms with van der Waals surface area (Å²) < 4.78 is 25.3. The average molecular weight is 599 g/mol. The van der Waals surface area contributed by atoms with Crippen LogP contribution in [0.3, 0.4) is 0 Å². The normalized spacial score (nSPS) is 19.6. The summed E-state index contributed by atoms with van der Waals surface area (Å²) in [4.78, 5) is 51.9. The molecule has 3 aromatic carbocycles. The van der Waals surface area contributed by atoms with Crippen molar-refractivity contribution >= 4 is 40.7 Å². The molecular formula is C31H23ClN4O7. The lowest BCUT2D eigenvalue weighted by Gasteiger charge is -2.25. The van der Waals surface area contributed by atoms with Crippen molar-refractivity contribution in [2.75, 3.05) is 6.61 Å². The highest BCUT2D eigenvalue weighted by Gasteiger charge is 2.51. The van der Waals surface area contributed by atoms with Gasteiger partial charge in [-0.2, -0.15) is 0 Å². The third-order valence-corrected chi connectivity index (χ3v) is 7.04. The van der Waals surface area contributed by atoms with Crippen LogP contribution in [0.25, 0.3) is 11.2 Å². The summed E-state index contributed by atoms with van der Waals surface area (Å²) in [5.74, 6) is -1.97. The minimum Gasteiger partial charge on any atom is -0.459 e. The van der Waals surface area contributed by atoms with Crippen LogP contribution in [0.15, 0.2) is 104 Å². The van der Waals surface area contributed by atoms with Gasteiger partial charge < -0.3 is 18.9 Å². The molecule has 0 radical (unpaired) electrons. The van der Waals surface area contributed by atoms with Gasteiger partial charge in [-0.15, -0.1) is 0 Å². The van der Waals surface area contributed by atoms with E-state index in [9.17, 15) is 14.4 Å². The fraction of sp³-hybridized carbons (Fsp3) is 0.161. The van der Waals surface area contributed by atoms with Crippen LogP contribution in [0.1, 0.15) is 37.3 Å². The number of imidazole rings is 1. The second-order valence-corrected chi connectivity index (χ2v) is 9.85. The smallest absolute Gasteiger partial charge is 0.338 e. The number of hydrogen-bond donors (Lipinski definition) is 0. The van der Waals surface area contributed by atoms with Crippen molar-refractivity contribution in [3.05, 3.63) is 125 Å². The number of aromatic nitrogens is 4. The molecule has 0 N–H and O–H groups in total. The van der Waals surface area contributed by atoms with E-state index in [0.29, 0.717) is 11.2 Å². The van der Waals surface area contributed by atoms with E-state index in [1.165, 1.54) is 17.2 Å². The first-order chi connectivity index (χ1) is 21.0. The van der Waals surface area contributed by atoms with Crippen LogP contribution in [0.2, 0.25) is 5.15 Å². The predicted octanol–water partition coefficient (Wildman–Crippen LogP) is 4.69. The fourth-order valence-corrected chi connectivity index (χ4v) is 4.87. The molecule has 5 aromatic rings. The number of ether oxygens (including phenoxy) is 4. The molecule has 4 atom stereocenters. The molecule has 1 aliphatic heterocycles.